The van der Waals surface area contributed by atoms with Gasteiger partial charge in [0.2, 0.25) is 0 Å². The molecule has 1 amide bonds. The van der Waals surface area contributed by atoms with E-state index in [1.165, 1.54) is 11.2 Å². The maximum atomic E-state index is 12.5. The number of carbonyl (C=O) groups is 1. The Morgan fingerprint density at radius 1 is 1.29 bits per heavy atom. The highest BCUT2D eigenvalue weighted by Crippen LogP contribution is 2.22. The molecule has 0 aliphatic carbocycles. The number of halogens is 1. The highest BCUT2D eigenvalue weighted by atomic mass is 35.5. The van der Waals surface area contributed by atoms with Crippen LogP contribution in [0.15, 0.2) is 53.1 Å². The van der Waals surface area contributed by atoms with Gasteiger partial charge >= 0.3 is 0 Å². The second-order valence-corrected chi connectivity index (χ2v) is 4.84. The van der Waals surface area contributed by atoms with E-state index in [0.29, 0.717) is 18.8 Å². The predicted molar refractivity (Wildman–Crippen MR) is 79.9 cm³/mol. The maximum absolute atomic E-state index is 12.5. The van der Waals surface area contributed by atoms with E-state index in [1.807, 2.05) is 30.3 Å². The molecule has 1 aromatic heterocycles. The van der Waals surface area contributed by atoms with E-state index in [-0.39, 0.29) is 11.7 Å². The number of furan rings is 1. The first-order chi connectivity index (χ1) is 10.3. The number of carbonyl (C=O) groups excluding carboxylic acids is 1. The minimum Gasteiger partial charge on any atom is -0.459 e. The van der Waals surface area contributed by atoms with Crippen molar-refractivity contribution >= 4 is 17.5 Å². The third kappa shape index (κ3) is 3.65. The molecular formula is C16H15ClN2O2. The zero-order valence-electron chi connectivity index (χ0n) is 11.4. The van der Waals surface area contributed by atoms with Gasteiger partial charge in [0.1, 0.15) is 6.04 Å². The number of alkyl halides is 1. The lowest BCUT2D eigenvalue weighted by Crippen LogP contribution is -2.35. The van der Waals surface area contributed by atoms with Gasteiger partial charge in [0.15, 0.2) is 5.76 Å². The molecule has 1 heterocycles. The van der Waals surface area contributed by atoms with Crippen LogP contribution in [-0.4, -0.2) is 23.2 Å². The van der Waals surface area contributed by atoms with Gasteiger partial charge in [-0.2, -0.15) is 5.26 Å². The summed E-state index contributed by atoms with van der Waals surface area (Å²) in [6.07, 6.45) is 2.05. The highest BCUT2D eigenvalue weighted by Gasteiger charge is 2.27. The molecule has 0 saturated heterocycles. The van der Waals surface area contributed by atoms with Gasteiger partial charge < -0.3 is 9.32 Å². The monoisotopic (exact) mass is 302 g/mol. The highest BCUT2D eigenvalue weighted by molar-refractivity contribution is 6.17. The number of amides is 1. The van der Waals surface area contributed by atoms with Crippen molar-refractivity contribution in [3.05, 3.63) is 60.1 Å². The van der Waals surface area contributed by atoms with E-state index in [1.54, 1.807) is 12.1 Å². The molecular weight excluding hydrogens is 288 g/mol. The van der Waals surface area contributed by atoms with Gasteiger partial charge in [-0.3, -0.25) is 4.79 Å². The average Bonchev–Trinajstić information content (AvgIpc) is 3.06. The first-order valence-electron chi connectivity index (χ1n) is 6.63. The molecule has 1 atom stereocenters. The van der Waals surface area contributed by atoms with Gasteiger partial charge in [-0.1, -0.05) is 30.3 Å². The molecule has 2 rings (SSSR count). The molecule has 0 aliphatic heterocycles. The van der Waals surface area contributed by atoms with E-state index in [4.69, 9.17) is 16.0 Å². The summed E-state index contributed by atoms with van der Waals surface area (Å²) in [5, 5.41) is 9.49. The normalized spacial score (nSPS) is 11.6. The summed E-state index contributed by atoms with van der Waals surface area (Å²) < 4.78 is 5.15. The Morgan fingerprint density at radius 2 is 2.05 bits per heavy atom. The largest absolute Gasteiger partial charge is 0.459 e. The fourth-order valence-electron chi connectivity index (χ4n) is 2.08. The number of rotatable bonds is 6. The van der Waals surface area contributed by atoms with Crippen LogP contribution in [0.3, 0.4) is 0 Å². The SMILES string of the molecule is N#CC(c1ccccc1)N(CCCCl)C(=O)c1ccco1. The van der Waals surface area contributed by atoms with Crippen LogP contribution >= 0.6 is 11.6 Å². The molecule has 0 N–H and O–H groups in total. The first-order valence-corrected chi connectivity index (χ1v) is 7.16. The van der Waals surface area contributed by atoms with Crippen molar-refractivity contribution in [3.8, 4) is 6.07 Å². The molecule has 2 aromatic rings. The quantitative estimate of drug-likeness (QED) is 0.766. The first kappa shape index (κ1) is 15.1. The number of hydrogen-bond acceptors (Lipinski definition) is 3. The van der Waals surface area contributed by atoms with Crippen LogP contribution in [0.2, 0.25) is 0 Å². The van der Waals surface area contributed by atoms with Crippen LogP contribution in [-0.2, 0) is 0 Å². The molecule has 1 aromatic carbocycles. The summed E-state index contributed by atoms with van der Waals surface area (Å²) in [5.41, 5.74) is 0.773. The van der Waals surface area contributed by atoms with Crippen molar-refractivity contribution in [2.75, 3.05) is 12.4 Å². The molecule has 0 saturated carbocycles. The summed E-state index contributed by atoms with van der Waals surface area (Å²) in [7, 11) is 0. The molecule has 4 nitrogen and oxygen atoms in total. The molecule has 0 spiro atoms. The fourth-order valence-corrected chi connectivity index (χ4v) is 2.20. The van der Waals surface area contributed by atoms with Gasteiger partial charge in [-0.15, -0.1) is 11.6 Å². The lowest BCUT2D eigenvalue weighted by atomic mass is 10.1. The van der Waals surface area contributed by atoms with E-state index in [9.17, 15) is 10.1 Å². The third-order valence-corrected chi connectivity index (χ3v) is 3.34. The Morgan fingerprint density at radius 3 is 2.62 bits per heavy atom. The molecule has 0 radical (unpaired) electrons. The van der Waals surface area contributed by atoms with Gasteiger partial charge in [-0.25, -0.2) is 0 Å². The van der Waals surface area contributed by atoms with Crippen molar-refractivity contribution in [2.45, 2.75) is 12.5 Å². The van der Waals surface area contributed by atoms with Crippen LogP contribution in [0.5, 0.6) is 0 Å². The minimum atomic E-state index is -0.660. The number of benzene rings is 1. The minimum absolute atomic E-state index is 0.223. The summed E-state index contributed by atoms with van der Waals surface area (Å²) in [6, 6.07) is 14.0. The molecule has 0 bridgehead atoms. The van der Waals surface area contributed by atoms with Gasteiger partial charge in [0.25, 0.3) is 5.91 Å². The van der Waals surface area contributed by atoms with E-state index in [2.05, 4.69) is 6.07 Å². The van der Waals surface area contributed by atoms with Crippen molar-refractivity contribution in [2.24, 2.45) is 0 Å². The van der Waals surface area contributed by atoms with Crippen LogP contribution in [0, 0.1) is 11.3 Å². The Bertz CT molecular complexity index is 605. The summed E-state index contributed by atoms with van der Waals surface area (Å²) >= 11 is 5.72. The average molecular weight is 303 g/mol. The summed E-state index contributed by atoms with van der Waals surface area (Å²) in [6.45, 7) is 0.399. The van der Waals surface area contributed by atoms with E-state index < -0.39 is 6.04 Å². The van der Waals surface area contributed by atoms with Crippen LogP contribution < -0.4 is 0 Å². The smallest absolute Gasteiger partial charge is 0.290 e. The van der Waals surface area contributed by atoms with Crippen molar-refractivity contribution in [1.82, 2.24) is 4.90 Å². The van der Waals surface area contributed by atoms with E-state index in [0.717, 1.165) is 5.56 Å². The van der Waals surface area contributed by atoms with Crippen molar-refractivity contribution in [3.63, 3.8) is 0 Å². The number of nitriles is 1. The number of nitrogens with zero attached hydrogens (tertiary/aromatic N) is 2. The van der Waals surface area contributed by atoms with Crippen LogP contribution in [0.4, 0.5) is 0 Å². The van der Waals surface area contributed by atoms with Gasteiger partial charge in [0, 0.05) is 12.4 Å². The van der Waals surface area contributed by atoms with Gasteiger partial charge in [0.05, 0.1) is 12.3 Å². The lowest BCUT2D eigenvalue weighted by molar-refractivity contribution is 0.0684. The summed E-state index contributed by atoms with van der Waals surface area (Å²) in [5.74, 6) is 0.343. The van der Waals surface area contributed by atoms with Gasteiger partial charge in [-0.05, 0) is 24.1 Å². The standard InChI is InChI=1S/C16H15ClN2O2/c17-9-5-10-19(16(20)15-8-4-11-21-15)14(12-18)13-6-2-1-3-7-13/h1-4,6-8,11,14H,5,9-10H2. The summed E-state index contributed by atoms with van der Waals surface area (Å²) in [4.78, 5) is 14.0. The van der Waals surface area contributed by atoms with Crippen molar-refractivity contribution < 1.29 is 9.21 Å². The molecule has 0 aliphatic rings. The second kappa shape index (κ2) is 7.51. The Hall–Kier alpha value is -2.25. The topological polar surface area (TPSA) is 57.2 Å². The van der Waals surface area contributed by atoms with Crippen LogP contribution in [0.25, 0.3) is 0 Å². The Kier molecular flexibility index (Phi) is 5.42. The Balaban J connectivity index is 2.30. The predicted octanol–water partition coefficient (Wildman–Crippen LogP) is 3.62. The molecule has 21 heavy (non-hydrogen) atoms. The molecule has 5 heteroatoms. The lowest BCUT2D eigenvalue weighted by Gasteiger charge is -2.26. The zero-order chi connectivity index (χ0) is 15.1. The van der Waals surface area contributed by atoms with E-state index >= 15 is 0 Å². The zero-order valence-corrected chi connectivity index (χ0v) is 12.2. The molecule has 0 fully saturated rings. The fraction of sp³-hybridized carbons (Fsp3) is 0.250. The van der Waals surface area contributed by atoms with Crippen LogP contribution in [0.1, 0.15) is 28.6 Å². The van der Waals surface area contributed by atoms with Crippen molar-refractivity contribution in [1.29, 1.82) is 5.26 Å². The molecule has 108 valence electrons. The second-order valence-electron chi connectivity index (χ2n) is 4.46. The molecule has 1 unspecified atom stereocenters. The maximum Gasteiger partial charge on any atom is 0.290 e. The Labute approximate surface area is 128 Å². The third-order valence-electron chi connectivity index (χ3n) is 3.07. The number of hydrogen-bond donors (Lipinski definition) is 0.